The van der Waals surface area contributed by atoms with E-state index in [1.165, 1.54) is 11.4 Å². The van der Waals surface area contributed by atoms with Gasteiger partial charge in [-0.25, -0.2) is 0 Å². The van der Waals surface area contributed by atoms with Crippen LogP contribution in [0.25, 0.3) is 0 Å². The average Bonchev–Trinajstić information content (AvgIpc) is 2.35. The van der Waals surface area contributed by atoms with Crippen LogP contribution in [0.1, 0.15) is 24.2 Å². The molecule has 64 valence electrons. The zero-order valence-electron chi connectivity index (χ0n) is 7.67. The lowest BCUT2D eigenvalue weighted by atomic mass is 10.3. The molecule has 0 aliphatic rings. The fourth-order valence-corrected chi connectivity index (χ4v) is 1.37. The SMILES string of the molecule is Cc1ccc(C)n1CCCC#N. The van der Waals surface area contributed by atoms with Crippen LogP contribution < -0.4 is 0 Å². The second kappa shape index (κ2) is 3.96. The summed E-state index contributed by atoms with van der Waals surface area (Å²) in [5.74, 6) is 0. The first kappa shape index (κ1) is 8.86. The van der Waals surface area contributed by atoms with Crippen molar-refractivity contribution < 1.29 is 0 Å². The molecule has 0 bridgehead atoms. The highest BCUT2D eigenvalue weighted by Gasteiger charge is 1.98. The molecule has 1 rings (SSSR count). The van der Waals surface area contributed by atoms with Crippen molar-refractivity contribution in [2.45, 2.75) is 33.2 Å². The maximum atomic E-state index is 8.37. The van der Waals surface area contributed by atoms with Crippen LogP contribution >= 0.6 is 0 Å². The van der Waals surface area contributed by atoms with Crippen LogP contribution in [0.4, 0.5) is 0 Å². The van der Waals surface area contributed by atoms with Gasteiger partial charge in [-0.05, 0) is 32.4 Å². The van der Waals surface area contributed by atoms with E-state index in [-0.39, 0.29) is 0 Å². The van der Waals surface area contributed by atoms with E-state index in [9.17, 15) is 0 Å². The number of unbranched alkanes of at least 4 members (excludes halogenated alkanes) is 1. The average molecular weight is 162 g/mol. The molecule has 0 unspecified atom stereocenters. The highest BCUT2D eigenvalue weighted by Crippen LogP contribution is 2.08. The van der Waals surface area contributed by atoms with E-state index in [0.717, 1.165) is 13.0 Å². The van der Waals surface area contributed by atoms with Crippen LogP contribution in [0, 0.1) is 25.2 Å². The van der Waals surface area contributed by atoms with Gasteiger partial charge in [-0.15, -0.1) is 0 Å². The number of nitriles is 1. The molecule has 0 aliphatic heterocycles. The molecule has 2 heteroatoms. The number of aromatic nitrogens is 1. The molecule has 1 heterocycles. The number of hydrogen-bond acceptors (Lipinski definition) is 1. The van der Waals surface area contributed by atoms with Crippen molar-refractivity contribution in [1.82, 2.24) is 4.57 Å². The van der Waals surface area contributed by atoms with E-state index < -0.39 is 0 Å². The van der Waals surface area contributed by atoms with Gasteiger partial charge < -0.3 is 4.57 Å². The minimum atomic E-state index is 0.650. The molecule has 2 nitrogen and oxygen atoms in total. The first-order valence-electron chi connectivity index (χ1n) is 4.25. The zero-order valence-corrected chi connectivity index (χ0v) is 7.67. The van der Waals surface area contributed by atoms with Gasteiger partial charge in [-0.1, -0.05) is 0 Å². The van der Waals surface area contributed by atoms with Gasteiger partial charge in [0.15, 0.2) is 0 Å². The Morgan fingerprint density at radius 3 is 2.42 bits per heavy atom. The molecular formula is C10H14N2. The lowest BCUT2D eigenvalue weighted by molar-refractivity contribution is 0.627. The molecule has 12 heavy (non-hydrogen) atoms. The van der Waals surface area contributed by atoms with E-state index in [1.807, 2.05) is 0 Å². The topological polar surface area (TPSA) is 28.7 Å². The van der Waals surface area contributed by atoms with Gasteiger partial charge in [0.25, 0.3) is 0 Å². The quantitative estimate of drug-likeness (QED) is 0.627. The van der Waals surface area contributed by atoms with Gasteiger partial charge in [0, 0.05) is 24.4 Å². The van der Waals surface area contributed by atoms with Gasteiger partial charge in [0.05, 0.1) is 6.07 Å². The van der Waals surface area contributed by atoms with E-state index in [4.69, 9.17) is 5.26 Å². The van der Waals surface area contributed by atoms with E-state index >= 15 is 0 Å². The Bertz CT molecular complexity index is 272. The molecule has 0 saturated carbocycles. The molecule has 0 N–H and O–H groups in total. The second-order valence-corrected chi connectivity index (χ2v) is 3.03. The summed E-state index contributed by atoms with van der Waals surface area (Å²) >= 11 is 0. The van der Waals surface area contributed by atoms with Crippen molar-refractivity contribution in [3.63, 3.8) is 0 Å². The van der Waals surface area contributed by atoms with Crippen molar-refractivity contribution in [2.24, 2.45) is 0 Å². The van der Waals surface area contributed by atoms with Crippen molar-refractivity contribution in [2.75, 3.05) is 0 Å². The summed E-state index contributed by atoms with van der Waals surface area (Å²) in [5, 5.41) is 8.37. The number of nitrogens with zero attached hydrogens (tertiary/aromatic N) is 2. The molecule has 0 spiro atoms. The van der Waals surface area contributed by atoms with Crippen LogP contribution in [0.15, 0.2) is 12.1 Å². The Morgan fingerprint density at radius 1 is 1.33 bits per heavy atom. The monoisotopic (exact) mass is 162 g/mol. The van der Waals surface area contributed by atoms with Crippen molar-refractivity contribution >= 4 is 0 Å². The summed E-state index contributed by atoms with van der Waals surface area (Å²) in [6.07, 6.45) is 1.60. The molecule has 0 amide bonds. The summed E-state index contributed by atoms with van der Waals surface area (Å²) in [4.78, 5) is 0. The van der Waals surface area contributed by atoms with E-state index in [1.54, 1.807) is 0 Å². The molecule has 0 aliphatic carbocycles. The summed E-state index contributed by atoms with van der Waals surface area (Å²) in [6, 6.07) is 6.38. The molecular weight excluding hydrogens is 148 g/mol. The third-order valence-electron chi connectivity index (χ3n) is 2.09. The molecule has 1 aromatic rings. The zero-order chi connectivity index (χ0) is 8.97. The summed E-state index contributed by atoms with van der Waals surface area (Å²) in [5.41, 5.74) is 2.57. The van der Waals surface area contributed by atoms with Gasteiger partial charge >= 0.3 is 0 Å². The van der Waals surface area contributed by atoms with Gasteiger partial charge in [0.1, 0.15) is 0 Å². The smallest absolute Gasteiger partial charge is 0.0622 e. The van der Waals surface area contributed by atoms with Crippen LogP contribution in [0.2, 0.25) is 0 Å². The fourth-order valence-electron chi connectivity index (χ4n) is 1.37. The maximum absolute atomic E-state index is 8.37. The Labute approximate surface area is 73.4 Å². The molecule has 0 atom stereocenters. The normalized spacial score (nSPS) is 9.75. The second-order valence-electron chi connectivity index (χ2n) is 3.03. The number of aryl methyl sites for hydroxylation is 2. The lowest BCUT2D eigenvalue weighted by Crippen LogP contribution is -2.01. The lowest BCUT2D eigenvalue weighted by Gasteiger charge is -2.06. The standard InChI is InChI=1S/C10H14N2/c1-9-5-6-10(2)12(9)8-4-3-7-11/h5-6H,3-4,8H2,1-2H3. The van der Waals surface area contributed by atoms with E-state index in [0.29, 0.717) is 6.42 Å². The Hall–Kier alpha value is -1.23. The fraction of sp³-hybridized carbons (Fsp3) is 0.500. The van der Waals surface area contributed by atoms with Crippen LogP contribution in [0.3, 0.4) is 0 Å². The Kier molecular flexibility index (Phi) is 2.93. The third-order valence-corrected chi connectivity index (χ3v) is 2.09. The minimum absolute atomic E-state index is 0.650. The highest BCUT2D eigenvalue weighted by atomic mass is 15.0. The summed E-state index contributed by atoms with van der Waals surface area (Å²) in [6.45, 7) is 5.16. The minimum Gasteiger partial charge on any atom is -0.349 e. The molecule has 0 fully saturated rings. The first-order chi connectivity index (χ1) is 5.75. The van der Waals surface area contributed by atoms with Crippen LogP contribution in [-0.2, 0) is 6.54 Å². The van der Waals surface area contributed by atoms with Crippen LogP contribution in [-0.4, -0.2) is 4.57 Å². The van der Waals surface area contributed by atoms with Crippen molar-refractivity contribution in [3.05, 3.63) is 23.5 Å². The largest absolute Gasteiger partial charge is 0.349 e. The van der Waals surface area contributed by atoms with Gasteiger partial charge in [0.2, 0.25) is 0 Å². The Morgan fingerprint density at radius 2 is 1.92 bits per heavy atom. The first-order valence-corrected chi connectivity index (χ1v) is 4.25. The molecule has 1 aromatic heterocycles. The predicted molar refractivity (Wildman–Crippen MR) is 48.8 cm³/mol. The van der Waals surface area contributed by atoms with Crippen molar-refractivity contribution in [3.8, 4) is 6.07 Å². The van der Waals surface area contributed by atoms with Crippen molar-refractivity contribution in [1.29, 1.82) is 5.26 Å². The third kappa shape index (κ3) is 1.88. The number of hydrogen-bond donors (Lipinski definition) is 0. The summed E-state index contributed by atoms with van der Waals surface area (Å²) < 4.78 is 2.25. The highest BCUT2D eigenvalue weighted by molar-refractivity contribution is 5.13. The van der Waals surface area contributed by atoms with E-state index in [2.05, 4.69) is 36.6 Å². The Balaban J connectivity index is 2.57. The van der Waals surface area contributed by atoms with Gasteiger partial charge in [-0.2, -0.15) is 5.26 Å². The summed E-state index contributed by atoms with van der Waals surface area (Å²) in [7, 11) is 0. The predicted octanol–water partition coefficient (Wildman–Crippen LogP) is 2.41. The molecule has 0 saturated heterocycles. The van der Waals surface area contributed by atoms with Crippen LogP contribution in [0.5, 0.6) is 0 Å². The van der Waals surface area contributed by atoms with Gasteiger partial charge in [-0.3, -0.25) is 0 Å². The molecule has 0 aromatic carbocycles. The maximum Gasteiger partial charge on any atom is 0.0622 e. The molecule has 0 radical (unpaired) electrons. The number of rotatable bonds is 3.